The lowest BCUT2D eigenvalue weighted by Crippen LogP contribution is -2.41. The van der Waals surface area contributed by atoms with E-state index in [-0.39, 0.29) is 18.3 Å². The first-order valence-electron chi connectivity index (χ1n) is 6.95. The fourth-order valence-electron chi connectivity index (χ4n) is 2.40. The molecule has 2 saturated heterocycles. The van der Waals surface area contributed by atoms with Gasteiger partial charge in [0.05, 0.1) is 16.8 Å². The summed E-state index contributed by atoms with van der Waals surface area (Å²) in [6.45, 7) is 10.5. The third kappa shape index (κ3) is 2.30. The SMILES string of the molecule is CC1(C)OB(c2csc(N3CCCC3)n2)OC1(C)C. The van der Waals surface area contributed by atoms with Crippen molar-refractivity contribution >= 4 is 29.2 Å². The van der Waals surface area contributed by atoms with Crippen molar-refractivity contribution < 1.29 is 9.31 Å². The first-order valence-corrected chi connectivity index (χ1v) is 7.83. The largest absolute Gasteiger partial charge is 0.515 e. The first-order chi connectivity index (χ1) is 8.89. The maximum absolute atomic E-state index is 6.03. The molecule has 0 amide bonds. The molecular weight excluding hydrogens is 259 g/mol. The van der Waals surface area contributed by atoms with Crippen LogP contribution in [0.4, 0.5) is 5.13 Å². The maximum Gasteiger partial charge on any atom is 0.515 e. The summed E-state index contributed by atoms with van der Waals surface area (Å²) in [4.78, 5) is 7.05. The molecule has 19 heavy (non-hydrogen) atoms. The van der Waals surface area contributed by atoms with E-state index >= 15 is 0 Å². The highest BCUT2D eigenvalue weighted by Gasteiger charge is 2.52. The van der Waals surface area contributed by atoms with Crippen molar-refractivity contribution in [2.45, 2.75) is 51.7 Å². The van der Waals surface area contributed by atoms with E-state index < -0.39 is 0 Å². The molecule has 6 heteroatoms. The van der Waals surface area contributed by atoms with Gasteiger partial charge in [0.25, 0.3) is 0 Å². The van der Waals surface area contributed by atoms with Crippen molar-refractivity contribution in [2.75, 3.05) is 18.0 Å². The van der Waals surface area contributed by atoms with Gasteiger partial charge in [0, 0.05) is 18.5 Å². The van der Waals surface area contributed by atoms with Gasteiger partial charge in [-0.25, -0.2) is 4.98 Å². The molecule has 0 radical (unpaired) electrons. The summed E-state index contributed by atoms with van der Waals surface area (Å²) in [6, 6.07) is 0. The first kappa shape index (κ1) is 13.4. The molecule has 1 aromatic rings. The number of hydrogen-bond acceptors (Lipinski definition) is 5. The Bertz CT molecular complexity index is 453. The predicted octanol–water partition coefficient (Wildman–Crippen LogP) is 2.04. The van der Waals surface area contributed by atoms with Crippen LogP contribution in [0.15, 0.2) is 5.38 Å². The Morgan fingerprint density at radius 1 is 1.16 bits per heavy atom. The second-order valence-electron chi connectivity index (χ2n) is 6.34. The van der Waals surface area contributed by atoms with Gasteiger partial charge in [0.2, 0.25) is 0 Å². The highest BCUT2D eigenvalue weighted by atomic mass is 32.1. The normalized spacial score (nSPS) is 25.3. The Labute approximate surface area is 119 Å². The highest BCUT2D eigenvalue weighted by molar-refractivity contribution is 7.14. The summed E-state index contributed by atoms with van der Waals surface area (Å²) in [7, 11) is -0.336. The maximum atomic E-state index is 6.03. The fourth-order valence-corrected chi connectivity index (χ4v) is 3.28. The third-order valence-corrected chi connectivity index (χ3v) is 5.30. The van der Waals surface area contributed by atoms with Crippen molar-refractivity contribution in [1.82, 2.24) is 4.98 Å². The van der Waals surface area contributed by atoms with Crippen molar-refractivity contribution in [3.05, 3.63) is 5.38 Å². The standard InChI is InChI=1S/C13H21BN2O2S/c1-12(2)13(3,4)18-14(17-12)10-9-19-11(15-10)16-7-5-6-8-16/h9H,5-8H2,1-4H3. The minimum atomic E-state index is -0.336. The average molecular weight is 280 g/mol. The molecule has 0 bridgehead atoms. The molecule has 0 N–H and O–H groups in total. The van der Waals surface area contributed by atoms with E-state index in [1.165, 1.54) is 12.8 Å². The number of nitrogens with zero attached hydrogens (tertiary/aromatic N) is 2. The van der Waals surface area contributed by atoms with Crippen LogP contribution in [0.25, 0.3) is 0 Å². The van der Waals surface area contributed by atoms with Crippen LogP contribution in [0.3, 0.4) is 0 Å². The Morgan fingerprint density at radius 3 is 2.32 bits per heavy atom. The second-order valence-corrected chi connectivity index (χ2v) is 7.17. The molecule has 0 unspecified atom stereocenters. The molecule has 2 aliphatic heterocycles. The highest BCUT2D eigenvalue weighted by Crippen LogP contribution is 2.36. The van der Waals surface area contributed by atoms with Crippen molar-refractivity contribution in [3.63, 3.8) is 0 Å². The number of aromatic nitrogens is 1. The van der Waals surface area contributed by atoms with E-state index in [1.807, 2.05) is 0 Å². The van der Waals surface area contributed by atoms with Crippen LogP contribution in [0, 0.1) is 0 Å². The van der Waals surface area contributed by atoms with Gasteiger partial charge in [0.1, 0.15) is 0 Å². The second kappa shape index (κ2) is 4.47. The summed E-state index contributed by atoms with van der Waals surface area (Å²) in [5.74, 6) is 0. The molecule has 3 heterocycles. The monoisotopic (exact) mass is 280 g/mol. The van der Waals surface area contributed by atoms with Crippen LogP contribution in [0.5, 0.6) is 0 Å². The summed E-state index contributed by atoms with van der Waals surface area (Å²) in [5.41, 5.74) is 0.315. The molecule has 3 rings (SSSR count). The zero-order chi connectivity index (χ0) is 13.7. The minimum absolute atomic E-state index is 0.297. The van der Waals surface area contributed by atoms with E-state index in [9.17, 15) is 0 Å². The molecule has 0 saturated carbocycles. The van der Waals surface area contributed by atoms with Crippen LogP contribution in [0.1, 0.15) is 40.5 Å². The van der Waals surface area contributed by atoms with E-state index in [4.69, 9.17) is 14.3 Å². The molecule has 104 valence electrons. The van der Waals surface area contributed by atoms with Gasteiger partial charge in [-0.05, 0) is 40.5 Å². The third-order valence-electron chi connectivity index (χ3n) is 4.38. The van der Waals surface area contributed by atoms with Gasteiger partial charge in [0.15, 0.2) is 5.13 Å². The lowest BCUT2D eigenvalue weighted by atomic mass is 9.86. The molecule has 1 aromatic heterocycles. The molecule has 0 aromatic carbocycles. The molecular formula is C13H21BN2O2S. The van der Waals surface area contributed by atoms with Gasteiger partial charge in [-0.2, -0.15) is 0 Å². The number of thiazole rings is 1. The molecule has 4 nitrogen and oxygen atoms in total. The Kier molecular flexibility index (Phi) is 3.15. The van der Waals surface area contributed by atoms with Gasteiger partial charge >= 0.3 is 7.12 Å². The summed E-state index contributed by atoms with van der Waals surface area (Å²) < 4.78 is 12.1. The Morgan fingerprint density at radius 2 is 1.74 bits per heavy atom. The van der Waals surface area contributed by atoms with Gasteiger partial charge in [-0.3, -0.25) is 0 Å². The van der Waals surface area contributed by atoms with E-state index in [1.54, 1.807) is 11.3 Å². The molecule has 2 aliphatic rings. The summed E-state index contributed by atoms with van der Waals surface area (Å²) in [5, 5.41) is 3.16. The minimum Gasteiger partial charge on any atom is -0.398 e. The van der Waals surface area contributed by atoms with Crippen LogP contribution in [-0.4, -0.2) is 36.4 Å². The lowest BCUT2D eigenvalue weighted by Gasteiger charge is -2.32. The van der Waals surface area contributed by atoms with Crippen molar-refractivity contribution in [2.24, 2.45) is 0 Å². The van der Waals surface area contributed by atoms with E-state index in [0.717, 1.165) is 23.8 Å². The molecule has 0 aliphatic carbocycles. The molecule has 2 fully saturated rings. The molecule has 0 spiro atoms. The van der Waals surface area contributed by atoms with Crippen LogP contribution in [0.2, 0.25) is 0 Å². The zero-order valence-corrected chi connectivity index (χ0v) is 12.9. The number of anilines is 1. The lowest BCUT2D eigenvalue weighted by molar-refractivity contribution is 0.00578. The number of rotatable bonds is 2. The van der Waals surface area contributed by atoms with Crippen LogP contribution < -0.4 is 10.5 Å². The van der Waals surface area contributed by atoms with Crippen molar-refractivity contribution in [3.8, 4) is 0 Å². The predicted molar refractivity (Wildman–Crippen MR) is 79.3 cm³/mol. The zero-order valence-electron chi connectivity index (χ0n) is 12.1. The summed E-state index contributed by atoms with van der Waals surface area (Å²) in [6.07, 6.45) is 2.54. The smallest absolute Gasteiger partial charge is 0.398 e. The number of hydrogen-bond donors (Lipinski definition) is 0. The van der Waals surface area contributed by atoms with Crippen molar-refractivity contribution in [1.29, 1.82) is 0 Å². The van der Waals surface area contributed by atoms with Gasteiger partial charge < -0.3 is 14.2 Å². The van der Waals surface area contributed by atoms with Gasteiger partial charge in [-0.1, -0.05) is 0 Å². The topological polar surface area (TPSA) is 34.6 Å². The molecule has 0 atom stereocenters. The van der Waals surface area contributed by atoms with E-state index in [2.05, 4.69) is 38.0 Å². The van der Waals surface area contributed by atoms with Crippen LogP contribution >= 0.6 is 11.3 Å². The average Bonchev–Trinajstić information content (AvgIpc) is 3.00. The van der Waals surface area contributed by atoms with E-state index in [0.29, 0.717) is 0 Å². The quantitative estimate of drug-likeness (QED) is 0.776. The Balaban J connectivity index is 1.77. The summed E-state index contributed by atoms with van der Waals surface area (Å²) >= 11 is 1.69. The fraction of sp³-hybridized carbons (Fsp3) is 0.769. The Hall–Kier alpha value is -0.585. The van der Waals surface area contributed by atoms with Crippen LogP contribution in [-0.2, 0) is 9.31 Å². The van der Waals surface area contributed by atoms with Gasteiger partial charge in [-0.15, -0.1) is 11.3 Å².